The number of carbonyl (C=O) groups excluding carboxylic acids is 3. The molecule has 1 fully saturated rings. The monoisotopic (exact) mass is 292 g/mol. The number of rotatable bonds is 2. The normalized spacial score (nSPS) is 14.4. The molecule has 0 spiro atoms. The lowest BCUT2D eigenvalue weighted by atomic mass is 10.2. The molecule has 112 valence electrons. The maximum atomic E-state index is 12.0. The molecule has 1 N–H and O–H groups in total. The Balaban J connectivity index is 2.09. The zero-order valence-corrected chi connectivity index (χ0v) is 11.6. The van der Waals surface area contributed by atoms with E-state index in [0.29, 0.717) is 26.3 Å². The predicted molar refractivity (Wildman–Crippen MR) is 73.8 cm³/mol. The van der Waals surface area contributed by atoms with Crippen LogP contribution in [0.25, 0.3) is 0 Å². The van der Waals surface area contributed by atoms with Gasteiger partial charge in [-0.3, -0.25) is 9.59 Å². The van der Waals surface area contributed by atoms with Crippen molar-refractivity contribution in [1.29, 1.82) is 0 Å². The number of nitrogens with zero attached hydrogens (tertiary/aromatic N) is 1. The molecule has 2 rings (SSSR count). The lowest BCUT2D eigenvalue weighted by molar-refractivity contribution is -0.145. The smallest absolute Gasteiger partial charge is 0.339 e. The molecule has 1 aliphatic heterocycles. The Labute approximate surface area is 121 Å². The minimum absolute atomic E-state index is 0.197. The Bertz CT molecular complexity index is 552. The molecule has 0 aliphatic carbocycles. The molecule has 0 bridgehead atoms. The van der Waals surface area contributed by atoms with Crippen LogP contribution in [0, 0.1) is 0 Å². The summed E-state index contributed by atoms with van der Waals surface area (Å²) in [4.78, 5) is 37.0. The molecule has 0 radical (unpaired) electrons. The third-order valence-electron chi connectivity index (χ3n) is 3.07. The van der Waals surface area contributed by atoms with E-state index in [1.807, 2.05) is 0 Å². The van der Waals surface area contributed by atoms with Gasteiger partial charge in [-0.15, -0.1) is 0 Å². The van der Waals surface area contributed by atoms with E-state index < -0.39 is 17.8 Å². The molecule has 0 atom stereocenters. The maximum absolute atomic E-state index is 12.0. The first-order valence-electron chi connectivity index (χ1n) is 6.49. The van der Waals surface area contributed by atoms with E-state index in [2.05, 4.69) is 10.1 Å². The van der Waals surface area contributed by atoms with Crippen molar-refractivity contribution in [2.24, 2.45) is 0 Å². The van der Waals surface area contributed by atoms with Crippen LogP contribution in [0.5, 0.6) is 0 Å². The fraction of sp³-hybridized carbons (Fsp3) is 0.357. The van der Waals surface area contributed by atoms with Gasteiger partial charge in [0.2, 0.25) is 0 Å². The first-order chi connectivity index (χ1) is 10.1. The number of ether oxygens (including phenoxy) is 2. The molecule has 1 aromatic carbocycles. The summed E-state index contributed by atoms with van der Waals surface area (Å²) in [6, 6.07) is 6.35. The van der Waals surface area contributed by atoms with Gasteiger partial charge >= 0.3 is 17.8 Å². The second-order valence-electron chi connectivity index (χ2n) is 4.40. The fourth-order valence-electron chi connectivity index (χ4n) is 1.97. The van der Waals surface area contributed by atoms with Gasteiger partial charge in [-0.1, -0.05) is 12.1 Å². The maximum Gasteiger partial charge on any atom is 0.339 e. The summed E-state index contributed by atoms with van der Waals surface area (Å²) in [6.45, 7) is 1.59. The Morgan fingerprint density at radius 3 is 2.52 bits per heavy atom. The zero-order chi connectivity index (χ0) is 15.2. The van der Waals surface area contributed by atoms with Crippen LogP contribution in [0.2, 0.25) is 0 Å². The number of carbonyl (C=O) groups is 3. The van der Waals surface area contributed by atoms with E-state index in [0.717, 1.165) is 0 Å². The van der Waals surface area contributed by atoms with Gasteiger partial charge in [-0.2, -0.15) is 0 Å². The highest BCUT2D eigenvalue weighted by molar-refractivity contribution is 6.39. The van der Waals surface area contributed by atoms with Gasteiger partial charge in [-0.05, 0) is 12.1 Å². The molecule has 1 aliphatic rings. The first kappa shape index (κ1) is 15.0. The number of hydrogen-bond donors (Lipinski definition) is 1. The lowest BCUT2D eigenvalue weighted by Crippen LogP contribution is -2.46. The highest BCUT2D eigenvalue weighted by atomic mass is 16.5. The van der Waals surface area contributed by atoms with Crippen molar-refractivity contribution in [2.75, 3.05) is 38.7 Å². The molecule has 1 aromatic rings. The molecule has 21 heavy (non-hydrogen) atoms. The third kappa shape index (κ3) is 3.57. The Hall–Kier alpha value is -2.41. The molecule has 0 unspecified atom stereocenters. The van der Waals surface area contributed by atoms with Crippen molar-refractivity contribution in [3.8, 4) is 0 Å². The SMILES string of the molecule is COC(=O)c1ccccc1NC(=O)C(=O)N1CCOCC1. The number of morpholine rings is 1. The van der Waals surface area contributed by atoms with E-state index in [1.165, 1.54) is 24.1 Å². The summed E-state index contributed by atoms with van der Waals surface area (Å²) < 4.78 is 9.76. The molecular formula is C14H16N2O5. The Morgan fingerprint density at radius 2 is 1.86 bits per heavy atom. The number of nitrogens with one attached hydrogen (secondary N) is 1. The van der Waals surface area contributed by atoms with Crippen molar-refractivity contribution in [2.45, 2.75) is 0 Å². The van der Waals surface area contributed by atoms with E-state index in [-0.39, 0.29) is 11.3 Å². The Kier molecular flexibility index (Phi) is 4.89. The van der Waals surface area contributed by atoms with E-state index in [4.69, 9.17) is 4.74 Å². The van der Waals surface area contributed by atoms with Crippen molar-refractivity contribution < 1.29 is 23.9 Å². The molecule has 2 amide bonds. The van der Waals surface area contributed by atoms with Gasteiger partial charge in [0.15, 0.2) is 0 Å². The van der Waals surface area contributed by atoms with Crippen molar-refractivity contribution >= 4 is 23.5 Å². The van der Waals surface area contributed by atoms with E-state index >= 15 is 0 Å². The second kappa shape index (κ2) is 6.85. The third-order valence-corrected chi connectivity index (χ3v) is 3.07. The molecule has 7 nitrogen and oxygen atoms in total. The molecule has 7 heteroatoms. The standard InChI is InChI=1S/C14H16N2O5/c1-20-14(19)10-4-2-3-5-11(10)15-12(17)13(18)16-6-8-21-9-7-16/h2-5H,6-9H2,1H3,(H,15,17). The van der Waals surface area contributed by atoms with Gasteiger partial charge in [0.25, 0.3) is 0 Å². The largest absolute Gasteiger partial charge is 0.465 e. The topological polar surface area (TPSA) is 84.9 Å². The fourth-order valence-corrected chi connectivity index (χ4v) is 1.97. The second-order valence-corrected chi connectivity index (χ2v) is 4.40. The predicted octanol–water partition coefficient (Wildman–Crippen LogP) is 0.270. The van der Waals surface area contributed by atoms with E-state index in [1.54, 1.807) is 12.1 Å². The molecular weight excluding hydrogens is 276 g/mol. The van der Waals surface area contributed by atoms with Crippen LogP contribution in [0.1, 0.15) is 10.4 Å². The van der Waals surface area contributed by atoms with Crippen LogP contribution in [0.3, 0.4) is 0 Å². The number of methoxy groups -OCH3 is 1. The van der Waals surface area contributed by atoms with Gasteiger partial charge in [0, 0.05) is 13.1 Å². The van der Waals surface area contributed by atoms with Crippen molar-refractivity contribution in [3.05, 3.63) is 29.8 Å². The van der Waals surface area contributed by atoms with Crippen molar-refractivity contribution in [1.82, 2.24) is 4.90 Å². The average Bonchev–Trinajstić information content (AvgIpc) is 2.54. The summed E-state index contributed by atoms with van der Waals surface area (Å²) in [7, 11) is 1.25. The zero-order valence-electron chi connectivity index (χ0n) is 11.6. The van der Waals surface area contributed by atoms with Gasteiger partial charge in [0.05, 0.1) is 31.6 Å². The van der Waals surface area contributed by atoms with E-state index in [9.17, 15) is 14.4 Å². The van der Waals surface area contributed by atoms with Crippen LogP contribution in [0.15, 0.2) is 24.3 Å². The van der Waals surface area contributed by atoms with Crippen LogP contribution in [0.4, 0.5) is 5.69 Å². The van der Waals surface area contributed by atoms with Gasteiger partial charge < -0.3 is 19.7 Å². The molecule has 1 heterocycles. The van der Waals surface area contributed by atoms with Gasteiger partial charge in [-0.25, -0.2) is 4.79 Å². The van der Waals surface area contributed by atoms with Gasteiger partial charge in [0.1, 0.15) is 0 Å². The summed E-state index contributed by atoms with van der Waals surface area (Å²) in [6.07, 6.45) is 0. The number of hydrogen-bond acceptors (Lipinski definition) is 5. The van der Waals surface area contributed by atoms with Crippen LogP contribution >= 0.6 is 0 Å². The van der Waals surface area contributed by atoms with Crippen LogP contribution < -0.4 is 5.32 Å². The number of para-hydroxylation sites is 1. The molecule has 1 saturated heterocycles. The number of esters is 1. The summed E-state index contributed by atoms with van der Waals surface area (Å²) in [5.74, 6) is -2.00. The van der Waals surface area contributed by atoms with Crippen LogP contribution in [-0.2, 0) is 19.1 Å². The molecule has 0 aromatic heterocycles. The summed E-state index contributed by atoms with van der Waals surface area (Å²) >= 11 is 0. The average molecular weight is 292 g/mol. The minimum Gasteiger partial charge on any atom is -0.465 e. The van der Waals surface area contributed by atoms with Crippen LogP contribution in [-0.4, -0.2) is 56.1 Å². The quantitative estimate of drug-likeness (QED) is 0.625. The highest BCUT2D eigenvalue weighted by Crippen LogP contribution is 2.16. The Morgan fingerprint density at radius 1 is 1.19 bits per heavy atom. The summed E-state index contributed by atoms with van der Waals surface area (Å²) in [5.41, 5.74) is 0.444. The summed E-state index contributed by atoms with van der Waals surface area (Å²) in [5, 5.41) is 2.45. The van der Waals surface area contributed by atoms with Crippen molar-refractivity contribution in [3.63, 3.8) is 0 Å². The first-order valence-corrected chi connectivity index (χ1v) is 6.49. The number of benzene rings is 1. The number of amides is 2. The highest BCUT2D eigenvalue weighted by Gasteiger charge is 2.24. The lowest BCUT2D eigenvalue weighted by Gasteiger charge is -2.26. The molecule has 0 saturated carbocycles. The minimum atomic E-state index is -0.784. The number of anilines is 1.